The molecule has 0 aliphatic carbocycles. The number of hydrogen-bond acceptors (Lipinski definition) is 1. The fourth-order valence-corrected chi connectivity index (χ4v) is 3.64. The van der Waals surface area contributed by atoms with E-state index >= 15 is 0 Å². The Morgan fingerprint density at radius 1 is 0.952 bits per heavy atom. The van der Waals surface area contributed by atoms with E-state index in [9.17, 15) is 0 Å². The second-order valence-electron chi connectivity index (χ2n) is 5.66. The van der Waals surface area contributed by atoms with Crippen LogP contribution in [0.15, 0.2) is 51.4 Å². The van der Waals surface area contributed by atoms with Crippen LogP contribution < -0.4 is 5.32 Å². The van der Waals surface area contributed by atoms with Gasteiger partial charge in [-0.1, -0.05) is 76.0 Å². The summed E-state index contributed by atoms with van der Waals surface area (Å²) in [7, 11) is 0. The second-order valence-corrected chi connectivity index (χ2v) is 7.43. The maximum absolute atomic E-state index is 3.63. The Balaban J connectivity index is 1.98. The average Bonchev–Trinajstić information content (AvgIpc) is 2.45. The first-order chi connectivity index (χ1) is 9.97. The molecule has 0 spiro atoms. The van der Waals surface area contributed by atoms with Gasteiger partial charge in [0.05, 0.1) is 0 Å². The molecular weight excluding hydrogens is 390 g/mol. The molecular formula is C18H21Br2N. The van der Waals surface area contributed by atoms with Crippen molar-refractivity contribution in [3.05, 3.63) is 68.1 Å². The van der Waals surface area contributed by atoms with E-state index in [0.29, 0.717) is 12.0 Å². The zero-order valence-electron chi connectivity index (χ0n) is 12.7. The van der Waals surface area contributed by atoms with E-state index in [2.05, 4.69) is 100 Å². The molecule has 0 aromatic heterocycles. The van der Waals surface area contributed by atoms with Gasteiger partial charge in [-0.2, -0.15) is 0 Å². The third kappa shape index (κ3) is 4.67. The quantitative estimate of drug-likeness (QED) is 0.619. The van der Waals surface area contributed by atoms with Crippen LogP contribution in [0.25, 0.3) is 0 Å². The summed E-state index contributed by atoms with van der Waals surface area (Å²) < 4.78 is 2.22. The zero-order valence-corrected chi connectivity index (χ0v) is 15.8. The largest absolute Gasteiger partial charge is 0.306 e. The Labute approximate surface area is 144 Å². The van der Waals surface area contributed by atoms with Gasteiger partial charge in [-0.05, 0) is 41.7 Å². The summed E-state index contributed by atoms with van der Waals surface area (Å²) >= 11 is 7.12. The predicted molar refractivity (Wildman–Crippen MR) is 97.6 cm³/mol. The molecule has 112 valence electrons. The van der Waals surface area contributed by atoms with Gasteiger partial charge in [0, 0.05) is 21.5 Å². The van der Waals surface area contributed by atoms with Gasteiger partial charge < -0.3 is 5.32 Å². The lowest BCUT2D eigenvalue weighted by Crippen LogP contribution is -2.18. The monoisotopic (exact) mass is 409 g/mol. The molecule has 0 saturated heterocycles. The maximum atomic E-state index is 3.63. The zero-order chi connectivity index (χ0) is 15.4. The van der Waals surface area contributed by atoms with Crippen LogP contribution >= 0.6 is 31.9 Å². The Kier molecular flexibility index (Phi) is 6.03. The molecule has 1 unspecified atom stereocenters. The molecule has 2 aromatic carbocycles. The van der Waals surface area contributed by atoms with Gasteiger partial charge in [0.15, 0.2) is 0 Å². The molecule has 0 amide bonds. The summed E-state index contributed by atoms with van der Waals surface area (Å²) in [5, 5.41) is 3.58. The molecule has 0 aliphatic heterocycles. The van der Waals surface area contributed by atoms with Crippen LogP contribution in [0.2, 0.25) is 0 Å². The van der Waals surface area contributed by atoms with E-state index < -0.39 is 0 Å². The first-order valence-electron chi connectivity index (χ1n) is 7.24. The van der Waals surface area contributed by atoms with Crippen molar-refractivity contribution in [2.24, 2.45) is 0 Å². The lowest BCUT2D eigenvalue weighted by Gasteiger charge is -2.16. The molecule has 1 atom stereocenters. The first kappa shape index (κ1) is 16.7. The third-order valence-corrected chi connectivity index (χ3v) is 4.87. The third-order valence-electron chi connectivity index (χ3n) is 3.69. The van der Waals surface area contributed by atoms with Gasteiger partial charge in [0.1, 0.15) is 0 Å². The molecule has 0 saturated carbocycles. The van der Waals surface area contributed by atoms with Crippen LogP contribution in [0, 0.1) is 0 Å². The van der Waals surface area contributed by atoms with Crippen LogP contribution in [0.3, 0.4) is 0 Å². The average molecular weight is 411 g/mol. The van der Waals surface area contributed by atoms with Crippen molar-refractivity contribution in [2.75, 3.05) is 0 Å². The highest BCUT2D eigenvalue weighted by atomic mass is 79.9. The lowest BCUT2D eigenvalue weighted by molar-refractivity contribution is 0.572. The Morgan fingerprint density at radius 2 is 1.62 bits per heavy atom. The first-order valence-corrected chi connectivity index (χ1v) is 8.83. The van der Waals surface area contributed by atoms with Crippen molar-refractivity contribution >= 4 is 31.9 Å². The smallest absolute Gasteiger partial charge is 0.0306 e. The van der Waals surface area contributed by atoms with Crippen molar-refractivity contribution in [3.63, 3.8) is 0 Å². The minimum atomic E-state index is 0.303. The molecule has 21 heavy (non-hydrogen) atoms. The molecule has 0 bridgehead atoms. The Bertz CT molecular complexity index is 591. The van der Waals surface area contributed by atoms with E-state index in [1.165, 1.54) is 16.7 Å². The van der Waals surface area contributed by atoms with Gasteiger partial charge in [-0.25, -0.2) is 0 Å². The van der Waals surface area contributed by atoms with E-state index in [1.54, 1.807) is 0 Å². The number of nitrogens with one attached hydrogen (secondary N) is 1. The summed E-state index contributed by atoms with van der Waals surface area (Å²) in [6, 6.07) is 15.5. The number of halogens is 2. The fraction of sp³-hybridized carbons (Fsp3) is 0.333. The van der Waals surface area contributed by atoms with E-state index in [4.69, 9.17) is 0 Å². The number of hydrogen-bond donors (Lipinski definition) is 1. The van der Waals surface area contributed by atoms with Gasteiger partial charge in [0.2, 0.25) is 0 Å². The SMILES string of the molecule is CC(C)c1ccc(CNC(C)c2ccc(Br)cc2Br)cc1. The molecule has 0 radical (unpaired) electrons. The van der Waals surface area contributed by atoms with E-state index in [1.807, 2.05) is 0 Å². The van der Waals surface area contributed by atoms with Crippen LogP contribution in [0.5, 0.6) is 0 Å². The fourth-order valence-electron chi connectivity index (χ4n) is 2.25. The molecule has 1 N–H and O–H groups in total. The summed E-state index contributed by atoms with van der Waals surface area (Å²) in [5.41, 5.74) is 3.99. The molecule has 0 fully saturated rings. The number of benzene rings is 2. The predicted octanol–water partition coefficient (Wildman–Crippen LogP) is 6.19. The van der Waals surface area contributed by atoms with Crippen molar-refractivity contribution < 1.29 is 0 Å². The molecule has 3 heteroatoms. The van der Waals surface area contributed by atoms with Crippen LogP contribution in [0.1, 0.15) is 49.4 Å². The van der Waals surface area contributed by atoms with Gasteiger partial charge in [0.25, 0.3) is 0 Å². The summed E-state index contributed by atoms with van der Waals surface area (Å²) in [6.45, 7) is 7.51. The highest BCUT2D eigenvalue weighted by Gasteiger charge is 2.09. The summed E-state index contributed by atoms with van der Waals surface area (Å²) in [5.74, 6) is 0.588. The van der Waals surface area contributed by atoms with Crippen molar-refractivity contribution in [2.45, 2.75) is 39.3 Å². The molecule has 0 heterocycles. The number of rotatable bonds is 5. The summed E-state index contributed by atoms with van der Waals surface area (Å²) in [6.07, 6.45) is 0. The van der Waals surface area contributed by atoms with E-state index in [-0.39, 0.29) is 0 Å². The van der Waals surface area contributed by atoms with Crippen LogP contribution in [0.4, 0.5) is 0 Å². The van der Waals surface area contributed by atoms with E-state index in [0.717, 1.165) is 15.5 Å². The highest BCUT2D eigenvalue weighted by molar-refractivity contribution is 9.11. The standard InChI is InChI=1S/C18H21Br2N/c1-12(2)15-6-4-14(5-7-15)11-21-13(3)17-9-8-16(19)10-18(17)20/h4-10,12-13,21H,11H2,1-3H3. The van der Waals surface area contributed by atoms with Crippen molar-refractivity contribution in [1.82, 2.24) is 5.32 Å². The highest BCUT2D eigenvalue weighted by Crippen LogP contribution is 2.27. The minimum absolute atomic E-state index is 0.303. The van der Waals surface area contributed by atoms with Gasteiger partial charge in [-0.15, -0.1) is 0 Å². The molecule has 1 nitrogen and oxygen atoms in total. The topological polar surface area (TPSA) is 12.0 Å². The van der Waals surface area contributed by atoms with Crippen molar-refractivity contribution in [3.8, 4) is 0 Å². The maximum Gasteiger partial charge on any atom is 0.0306 e. The lowest BCUT2D eigenvalue weighted by atomic mass is 10.0. The molecule has 2 aromatic rings. The Hall–Kier alpha value is -0.640. The van der Waals surface area contributed by atoms with Crippen LogP contribution in [-0.2, 0) is 6.54 Å². The van der Waals surface area contributed by atoms with Crippen molar-refractivity contribution in [1.29, 1.82) is 0 Å². The molecule has 0 aliphatic rings. The van der Waals surface area contributed by atoms with Gasteiger partial charge in [-0.3, -0.25) is 0 Å². The Morgan fingerprint density at radius 3 is 2.19 bits per heavy atom. The summed E-state index contributed by atoms with van der Waals surface area (Å²) in [4.78, 5) is 0. The second kappa shape index (κ2) is 7.57. The minimum Gasteiger partial charge on any atom is -0.306 e. The van der Waals surface area contributed by atoms with Gasteiger partial charge >= 0.3 is 0 Å². The normalized spacial score (nSPS) is 12.7. The molecule has 2 rings (SSSR count). The van der Waals surface area contributed by atoms with Crippen LogP contribution in [-0.4, -0.2) is 0 Å².